The van der Waals surface area contributed by atoms with Crippen LogP contribution in [0.4, 0.5) is 5.13 Å². The first-order chi connectivity index (χ1) is 17.7. The minimum absolute atomic E-state index is 0.0558. The molecule has 1 aliphatic heterocycles. The Bertz CT molecular complexity index is 1590. The second-order valence-electron chi connectivity index (χ2n) is 8.73. The number of halogens is 2. The summed E-state index contributed by atoms with van der Waals surface area (Å²) in [6.07, 6.45) is 0. The number of ether oxygens (including phenoxy) is 1. The van der Waals surface area contributed by atoms with Crippen LogP contribution < -0.4 is 9.64 Å². The molecule has 3 aromatic carbocycles. The van der Waals surface area contributed by atoms with E-state index in [1.54, 1.807) is 42.5 Å². The fourth-order valence-corrected chi connectivity index (χ4v) is 6.00. The van der Waals surface area contributed by atoms with Gasteiger partial charge in [-0.1, -0.05) is 46.7 Å². The van der Waals surface area contributed by atoms with E-state index in [1.165, 1.54) is 16.2 Å². The number of amides is 1. The molecule has 1 aliphatic rings. The third kappa shape index (κ3) is 4.48. The van der Waals surface area contributed by atoms with E-state index >= 15 is 0 Å². The number of ketones is 1. The number of benzene rings is 3. The Balaban J connectivity index is 1.71. The predicted molar refractivity (Wildman–Crippen MR) is 148 cm³/mol. The summed E-state index contributed by atoms with van der Waals surface area (Å²) in [6, 6.07) is 14.6. The van der Waals surface area contributed by atoms with Gasteiger partial charge >= 0.3 is 5.91 Å². The average molecular weight is 553 g/mol. The molecule has 1 unspecified atom stereocenters. The maximum Gasteiger partial charge on any atom is 0.301 e. The number of aliphatic hydroxyl groups excluding tert-OH is 1. The number of nitrogens with zero attached hydrogens (tertiary/aromatic N) is 2. The van der Waals surface area contributed by atoms with Crippen molar-refractivity contribution in [2.24, 2.45) is 0 Å². The zero-order chi connectivity index (χ0) is 26.4. The van der Waals surface area contributed by atoms with Gasteiger partial charge in [-0.2, -0.15) is 0 Å². The SMILES string of the molecule is CCOc1ccc(/C(O)=C2\C(=O)C(=O)N(c3nc4c(C)cc(C)cc4s3)C2c2ccc(Cl)c(Cl)c2)cc1. The number of carbonyl (C=O) groups is 2. The van der Waals surface area contributed by atoms with Crippen LogP contribution in [0.5, 0.6) is 5.75 Å². The smallest absolute Gasteiger partial charge is 0.301 e. The lowest BCUT2D eigenvalue weighted by Gasteiger charge is -2.23. The van der Waals surface area contributed by atoms with Gasteiger partial charge in [-0.15, -0.1) is 0 Å². The number of aryl methyl sites for hydroxylation is 2. The molecule has 0 aliphatic carbocycles. The van der Waals surface area contributed by atoms with Gasteiger partial charge in [-0.25, -0.2) is 4.98 Å². The van der Waals surface area contributed by atoms with E-state index in [4.69, 9.17) is 32.9 Å². The van der Waals surface area contributed by atoms with Crippen LogP contribution in [-0.2, 0) is 9.59 Å². The summed E-state index contributed by atoms with van der Waals surface area (Å²) in [5.41, 5.74) is 3.63. The van der Waals surface area contributed by atoms with Gasteiger partial charge in [0.15, 0.2) is 5.13 Å². The molecule has 1 aromatic heterocycles. The largest absolute Gasteiger partial charge is 0.507 e. The Hall–Kier alpha value is -3.39. The van der Waals surface area contributed by atoms with Gasteiger partial charge < -0.3 is 9.84 Å². The van der Waals surface area contributed by atoms with Crippen LogP contribution in [0.1, 0.15) is 35.2 Å². The summed E-state index contributed by atoms with van der Waals surface area (Å²) in [6.45, 7) is 6.31. The van der Waals surface area contributed by atoms with E-state index < -0.39 is 17.7 Å². The quantitative estimate of drug-likeness (QED) is 0.160. The van der Waals surface area contributed by atoms with E-state index in [9.17, 15) is 14.7 Å². The highest BCUT2D eigenvalue weighted by atomic mass is 35.5. The summed E-state index contributed by atoms with van der Waals surface area (Å²) in [4.78, 5) is 33.0. The molecule has 2 heterocycles. The maximum absolute atomic E-state index is 13.5. The lowest BCUT2D eigenvalue weighted by Crippen LogP contribution is -2.29. The van der Waals surface area contributed by atoms with Gasteiger partial charge in [-0.05, 0) is 79.9 Å². The minimum Gasteiger partial charge on any atom is -0.507 e. The van der Waals surface area contributed by atoms with Gasteiger partial charge in [0.2, 0.25) is 0 Å². The standard InChI is InChI=1S/C28H22Cl2N2O4S/c1-4-36-18-8-5-16(6-9-18)25(33)22-24(17-7-10-19(29)20(30)13-17)32(27(35)26(22)34)28-31-23-15(3)11-14(2)12-21(23)37-28/h5-13,24,33H,4H2,1-3H3/b25-22+. The highest BCUT2D eigenvalue weighted by Crippen LogP contribution is 2.45. The molecule has 1 fully saturated rings. The molecule has 4 aromatic rings. The number of anilines is 1. The van der Waals surface area contributed by atoms with E-state index in [-0.39, 0.29) is 16.4 Å². The third-order valence-electron chi connectivity index (χ3n) is 6.17. The van der Waals surface area contributed by atoms with Gasteiger partial charge in [0.1, 0.15) is 11.5 Å². The molecule has 1 N–H and O–H groups in total. The molecule has 188 valence electrons. The lowest BCUT2D eigenvalue weighted by molar-refractivity contribution is -0.132. The van der Waals surface area contributed by atoms with E-state index in [1.807, 2.05) is 32.9 Å². The predicted octanol–water partition coefficient (Wildman–Crippen LogP) is 7.24. The molecule has 5 rings (SSSR count). The van der Waals surface area contributed by atoms with Gasteiger partial charge in [0.25, 0.3) is 5.78 Å². The van der Waals surface area contributed by atoms with E-state index in [0.717, 1.165) is 21.3 Å². The van der Waals surface area contributed by atoms with Crippen LogP contribution in [0.25, 0.3) is 16.0 Å². The minimum atomic E-state index is -0.955. The van der Waals surface area contributed by atoms with Crippen molar-refractivity contribution in [1.29, 1.82) is 0 Å². The van der Waals surface area contributed by atoms with Crippen molar-refractivity contribution in [1.82, 2.24) is 4.98 Å². The van der Waals surface area contributed by atoms with Gasteiger partial charge in [-0.3, -0.25) is 14.5 Å². The summed E-state index contributed by atoms with van der Waals surface area (Å²) >= 11 is 13.8. The van der Waals surface area contributed by atoms with Gasteiger partial charge in [0.05, 0.1) is 38.5 Å². The summed E-state index contributed by atoms with van der Waals surface area (Å²) in [7, 11) is 0. The average Bonchev–Trinajstić information content (AvgIpc) is 3.40. The maximum atomic E-state index is 13.5. The first kappa shape index (κ1) is 25.3. The summed E-state index contributed by atoms with van der Waals surface area (Å²) < 4.78 is 6.38. The summed E-state index contributed by atoms with van der Waals surface area (Å²) in [5.74, 6) is -1.26. The second-order valence-corrected chi connectivity index (χ2v) is 10.5. The third-order valence-corrected chi connectivity index (χ3v) is 7.91. The number of fused-ring (bicyclic) bond motifs is 1. The van der Waals surface area contributed by atoms with Crippen molar-refractivity contribution in [2.45, 2.75) is 26.8 Å². The Kier molecular flexibility index (Phi) is 6.70. The van der Waals surface area contributed by atoms with Crippen LogP contribution in [0.2, 0.25) is 10.0 Å². The number of aliphatic hydroxyl groups is 1. The Morgan fingerprint density at radius 3 is 2.46 bits per heavy atom. The first-order valence-corrected chi connectivity index (χ1v) is 13.1. The number of Topliss-reactive ketones (excluding diaryl/α,β-unsaturated/α-hetero) is 1. The van der Waals surface area contributed by atoms with Crippen molar-refractivity contribution in [3.63, 3.8) is 0 Å². The van der Waals surface area contributed by atoms with Crippen LogP contribution in [-0.4, -0.2) is 28.4 Å². The number of hydrogen-bond donors (Lipinski definition) is 1. The number of hydrogen-bond acceptors (Lipinski definition) is 6. The molecule has 9 heteroatoms. The number of thiazole rings is 1. The highest BCUT2D eigenvalue weighted by Gasteiger charge is 2.48. The van der Waals surface area contributed by atoms with Crippen LogP contribution >= 0.6 is 34.5 Å². The molecule has 0 radical (unpaired) electrons. The topological polar surface area (TPSA) is 79.7 Å². The Morgan fingerprint density at radius 1 is 1.05 bits per heavy atom. The molecule has 6 nitrogen and oxygen atoms in total. The zero-order valence-electron chi connectivity index (χ0n) is 20.2. The van der Waals surface area contributed by atoms with E-state index in [0.29, 0.717) is 33.6 Å². The summed E-state index contributed by atoms with van der Waals surface area (Å²) in [5, 5.41) is 12.3. The Labute approximate surface area is 227 Å². The van der Waals surface area contributed by atoms with Crippen molar-refractivity contribution in [2.75, 3.05) is 11.5 Å². The molecular weight excluding hydrogens is 531 g/mol. The molecule has 0 bridgehead atoms. The van der Waals surface area contributed by atoms with Crippen molar-refractivity contribution >= 4 is 67.3 Å². The highest BCUT2D eigenvalue weighted by molar-refractivity contribution is 7.22. The number of carbonyl (C=O) groups excluding carboxylic acids is 2. The van der Waals surface area contributed by atoms with Crippen LogP contribution in [0, 0.1) is 13.8 Å². The number of aromatic nitrogens is 1. The van der Waals surface area contributed by atoms with Crippen molar-refractivity contribution in [3.8, 4) is 5.75 Å². The fraction of sp³-hybridized carbons (Fsp3) is 0.179. The molecule has 1 saturated heterocycles. The first-order valence-electron chi connectivity index (χ1n) is 11.6. The van der Waals surface area contributed by atoms with E-state index in [2.05, 4.69) is 0 Å². The van der Waals surface area contributed by atoms with Crippen molar-refractivity contribution < 1.29 is 19.4 Å². The number of rotatable bonds is 5. The molecule has 37 heavy (non-hydrogen) atoms. The van der Waals surface area contributed by atoms with Crippen LogP contribution in [0.15, 0.2) is 60.2 Å². The molecule has 0 spiro atoms. The Morgan fingerprint density at radius 2 is 1.78 bits per heavy atom. The molecule has 0 saturated carbocycles. The molecule has 1 atom stereocenters. The fourth-order valence-electron chi connectivity index (χ4n) is 4.52. The van der Waals surface area contributed by atoms with Crippen molar-refractivity contribution in [3.05, 3.63) is 92.5 Å². The zero-order valence-corrected chi connectivity index (χ0v) is 22.5. The molecule has 1 amide bonds. The monoisotopic (exact) mass is 552 g/mol. The van der Waals surface area contributed by atoms with Gasteiger partial charge in [0, 0.05) is 5.56 Å². The van der Waals surface area contributed by atoms with Crippen LogP contribution in [0.3, 0.4) is 0 Å². The second kappa shape index (κ2) is 9.82. The normalized spacial score (nSPS) is 17.1. The lowest BCUT2D eigenvalue weighted by atomic mass is 9.95. The molecular formula is C28H22Cl2N2O4S.